The molecule has 0 radical (unpaired) electrons. The highest BCUT2D eigenvalue weighted by atomic mass is 16.6. The topological polar surface area (TPSA) is 92.8 Å². The van der Waals surface area contributed by atoms with Crippen molar-refractivity contribution in [1.82, 2.24) is 4.90 Å². The van der Waals surface area contributed by atoms with Gasteiger partial charge in [-0.3, -0.25) is 14.4 Å². The van der Waals surface area contributed by atoms with Gasteiger partial charge in [-0.2, -0.15) is 0 Å². The molecule has 1 unspecified atom stereocenters. The summed E-state index contributed by atoms with van der Waals surface area (Å²) < 4.78 is 5.68. The van der Waals surface area contributed by atoms with Gasteiger partial charge < -0.3 is 15.0 Å². The monoisotopic (exact) mass is 482 g/mol. The molecule has 0 saturated carbocycles. The summed E-state index contributed by atoms with van der Waals surface area (Å²) in [4.78, 5) is 55.6. The SMILES string of the molecule is C=CCN1C(=O)C2(OC(=O)C(=O)/C2=C(\Nc2ccccc2)c2ccccc2)C2=C1CC(C)(C)CC2=O. The zero-order chi connectivity index (χ0) is 25.7. The molecular formula is C29H26N2O5. The summed E-state index contributed by atoms with van der Waals surface area (Å²) in [6.07, 6.45) is 2.13. The third kappa shape index (κ3) is 3.50. The first-order valence-electron chi connectivity index (χ1n) is 11.8. The molecule has 1 fully saturated rings. The Hall–Kier alpha value is -4.26. The zero-order valence-corrected chi connectivity index (χ0v) is 20.2. The van der Waals surface area contributed by atoms with Gasteiger partial charge in [-0.1, -0.05) is 68.5 Å². The van der Waals surface area contributed by atoms with Gasteiger partial charge in [0.25, 0.3) is 17.3 Å². The molecule has 3 aliphatic rings. The fourth-order valence-corrected chi connectivity index (χ4v) is 5.32. The van der Waals surface area contributed by atoms with Crippen molar-refractivity contribution in [2.45, 2.75) is 32.3 Å². The maximum Gasteiger partial charge on any atom is 0.381 e. The molecule has 1 saturated heterocycles. The van der Waals surface area contributed by atoms with E-state index in [9.17, 15) is 19.2 Å². The average molecular weight is 483 g/mol. The Kier molecular flexibility index (Phi) is 5.51. The Morgan fingerprint density at radius 1 is 1.00 bits per heavy atom. The van der Waals surface area contributed by atoms with Crippen LogP contribution in [0.4, 0.5) is 5.69 Å². The normalized spacial score (nSPS) is 24.2. The largest absolute Gasteiger partial charge is 0.432 e. The van der Waals surface area contributed by atoms with Crippen LogP contribution in [-0.2, 0) is 23.9 Å². The molecule has 7 nitrogen and oxygen atoms in total. The average Bonchev–Trinajstić information content (AvgIpc) is 3.23. The number of benzene rings is 2. The van der Waals surface area contributed by atoms with Crippen molar-refractivity contribution in [3.05, 3.63) is 95.7 Å². The smallest absolute Gasteiger partial charge is 0.381 e. The molecule has 2 aromatic rings. The number of rotatable bonds is 5. The Morgan fingerprint density at radius 2 is 1.64 bits per heavy atom. The van der Waals surface area contributed by atoms with Crippen molar-refractivity contribution in [3.63, 3.8) is 0 Å². The summed E-state index contributed by atoms with van der Waals surface area (Å²) in [6.45, 7) is 7.77. The van der Waals surface area contributed by atoms with Crippen molar-refractivity contribution < 1.29 is 23.9 Å². The summed E-state index contributed by atoms with van der Waals surface area (Å²) in [6, 6.07) is 18.0. The molecule has 0 bridgehead atoms. The molecule has 2 aliphatic heterocycles. The maximum absolute atomic E-state index is 14.1. The van der Waals surface area contributed by atoms with Crippen LogP contribution in [0.1, 0.15) is 32.3 Å². The summed E-state index contributed by atoms with van der Waals surface area (Å²) in [7, 11) is 0. The van der Waals surface area contributed by atoms with Crippen molar-refractivity contribution in [2.24, 2.45) is 5.41 Å². The van der Waals surface area contributed by atoms with Crippen LogP contribution in [0.15, 0.2) is 90.2 Å². The number of carbonyl (C=O) groups is 4. The second-order valence-electron chi connectivity index (χ2n) is 9.97. The number of nitrogens with zero attached hydrogens (tertiary/aromatic N) is 1. The Morgan fingerprint density at radius 3 is 2.28 bits per heavy atom. The molecule has 2 heterocycles. The van der Waals surface area contributed by atoms with Gasteiger partial charge in [0.2, 0.25) is 0 Å². The summed E-state index contributed by atoms with van der Waals surface area (Å²) in [5, 5.41) is 3.24. The number of esters is 1. The number of amides is 1. The number of nitrogens with one attached hydrogen (secondary N) is 1. The number of hydrogen-bond donors (Lipinski definition) is 1. The van der Waals surface area contributed by atoms with Gasteiger partial charge in [0.05, 0.1) is 16.8 Å². The highest BCUT2D eigenvalue weighted by molar-refractivity contribution is 6.48. The molecule has 36 heavy (non-hydrogen) atoms. The van der Waals surface area contributed by atoms with Crippen LogP contribution in [0.3, 0.4) is 0 Å². The van der Waals surface area contributed by atoms with E-state index < -0.39 is 28.7 Å². The van der Waals surface area contributed by atoms with Gasteiger partial charge in [-0.05, 0) is 29.5 Å². The van der Waals surface area contributed by atoms with Gasteiger partial charge in [0.15, 0.2) is 5.78 Å². The summed E-state index contributed by atoms with van der Waals surface area (Å²) >= 11 is 0. The molecule has 1 atom stereocenters. The number of allylic oxidation sites excluding steroid dienone is 1. The van der Waals surface area contributed by atoms with Crippen molar-refractivity contribution in [1.29, 1.82) is 0 Å². The van der Waals surface area contributed by atoms with E-state index in [1.54, 1.807) is 42.5 Å². The lowest BCUT2D eigenvalue weighted by atomic mass is 9.71. The van der Waals surface area contributed by atoms with E-state index in [2.05, 4.69) is 11.9 Å². The number of Topliss-reactive ketones (excluding diaryl/α,β-unsaturated/α-hetero) is 2. The molecule has 2 aromatic carbocycles. The van der Waals surface area contributed by atoms with Crippen LogP contribution >= 0.6 is 0 Å². The molecule has 0 aromatic heterocycles. The standard InChI is InChI=1S/C29H26N2O5/c1-4-15-31-20-16-28(2,3)17-21(32)22(20)29(27(31)35)23(25(33)26(34)36-29)24(18-11-7-5-8-12-18)30-19-13-9-6-10-14-19/h4-14,30H,1,15-17H2,2-3H3/b24-23+. The lowest BCUT2D eigenvalue weighted by molar-refractivity contribution is -0.158. The van der Waals surface area contributed by atoms with Crippen molar-refractivity contribution in [3.8, 4) is 0 Å². The number of para-hydroxylation sites is 1. The maximum atomic E-state index is 14.1. The molecule has 5 rings (SSSR count). The van der Waals surface area contributed by atoms with Crippen LogP contribution in [0.25, 0.3) is 5.70 Å². The molecule has 1 N–H and O–H groups in total. The fourth-order valence-electron chi connectivity index (χ4n) is 5.32. The minimum atomic E-state index is -2.15. The molecule has 1 aliphatic carbocycles. The summed E-state index contributed by atoms with van der Waals surface area (Å²) in [5.41, 5.74) is -0.696. The van der Waals surface area contributed by atoms with Crippen LogP contribution in [0, 0.1) is 5.41 Å². The van der Waals surface area contributed by atoms with E-state index in [1.165, 1.54) is 4.90 Å². The minimum absolute atomic E-state index is 0.0752. The number of carbonyl (C=O) groups excluding carboxylic acids is 4. The molecule has 1 amide bonds. The van der Waals surface area contributed by atoms with E-state index in [4.69, 9.17) is 4.74 Å². The van der Waals surface area contributed by atoms with Gasteiger partial charge >= 0.3 is 5.97 Å². The first-order chi connectivity index (χ1) is 17.2. The molecule has 182 valence electrons. The van der Waals surface area contributed by atoms with Crippen LogP contribution in [0.5, 0.6) is 0 Å². The first kappa shape index (κ1) is 23.5. The second-order valence-corrected chi connectivity index (χ2v) is 9.97. The predicted molar refractivity (Wildman–Crippen MR) is 134 cm³/mol. The van der Waals surface area contributed by atoms with E-state index in [0.29, 0.717) is 23.4 Å². The van der Waals surface area contributed by atoms with Crippen LogP contribution in [0.2, 0.25) is 0 Å². The van der Waals surface area contributed by atoms with E-state index in [-0.39, 0.29) is 35.6 Å². The first-order valence-corrected chi connectivity index (χ1v) is 11.8. The number of hydrogen-bond acceptors (Lipinski definition) is 6. The Balaban J connectivity index is 1.83. The van der Waals surface area contributed by atoms with Gasteiger partial charge in [-0.15, -0.1) is 6.58 Å². The van der Waals surface area contributed by atoms with E-state index in [1.807, 2.05) is 38.1 Å². The Labute approximate surface area is 209 Å². The van der Waals surface area contributed by atoms with Gasteiger partial charge in [0, 0.05) is 24.4 Å². The summed E-state index contributed by atoms with van der Waals surface area (Å²) in [5.74, 6) is -3.05. The van der Waals surface area contributed by atoms with Crippen molar-refractivity contribution in [2.75, 3.05) is 11.9 Å². The minimum Gasteiger partial charge on any atom is -0.432 e. The second kappa shape index (κ2) is 8.45. The quantitative estimate of drug-likeness (QED) is 0.299. The number of fused-ring (bicyclic) bond motifs is 1. The van der Waals surface area contributed by atoms with E-state index in [0.717, 1.165) is 0 Å². The predicted octanol–water partition coefficient (Wildman–Crippen LogP) is 4.05. The number of ether oxygens (including phenoxy) is 1. The van der Waals surface area contributed by atoms with Gasteiger partial charge in [-0.25, -0.2) is 4.79 Å². The highest BCUT2D eigenvalue weighted by Gasteiger charge is 2.68. The Bertz CT molecular complexity index is 1370. The lowest BCUT2D eigenvalue weighted by Gasteiger charge is -2.33. The van der Waals surface area contributed by atoms with E-state index >= 15 is 0 Å². The number of ketones is 2. The van der Waals surface area contributed by atoms with Crippen LogP contribution < -0.4 is 5.32 Å². The number of anilines is 1. The van der Waals surface area contributed by atoms with Crippen molar-refractivity contribution >= 4 is 34.8 Å². The lowest BCUT2D eigenvalue weighted by Crippen LogP contribution is -2.46. The third-order valence-corrected chi connectivity index (χ3v) is 6.75. The third-order valence-electron chi connectivity index (χ3n) is 6.75. The highest BCUT2D eigenvalue weighted by Crippen LogP contribution is 2.53. The molecule has 1 spiro atoms. The molecular weight excluding hydrogens is 456 g/mol. The van der Waals surface area contributed by atoms with Crippen LogP contribution in [-0.4, -0.2) is 40.5 Å². The van der Waals surface area contributed by atoms with Gasteiger partial charge in [0.1, 0.15) is 0 Å². The zero-order valence-electron chi connectivity index (χ0n) is 20.2. The fraction of sp³-hybridized carbons (Fsp3) is 0.241. The molecule has 7 heteroatoms.